The number of methoxy groups -OCH3 is 3. The van der Waals surface area contributed by atoms with Crippen LogP contribution in [0, 0.1) is 0 Å². The number of fused-ring (bicyclic) bond motifs is 1. The van der Waals surface area contributed by atoms with E-state index < -0.39 is 0 Å². The Hall–Kier alpha value is -1.85. The topological polar surface area (TPSA) is 52.6 Å². The molecule has 19 heavy (non-hydrogen) atoms. The molecule has 1 heterocycles. The summed E-state index contributed by atoms with van der Waals surface area (Å²) in [6, 6.07) is 7.83. The molecule has 0 saturated carbocycles. The molecule has 2 rings (SSSR count). The number of nitrogens with zero attached hydrogens (tertiary/aromatic N) is 1. The Morgan fingerprint density at radius 2 is 1.95 bits per heavy atom. The van der Waals surface area contributed by atoms with Gasteiger partial charge in [-0.25, -0.2) is 4.98 Å². The second kappa shape index (κ2) is 6.36. The number of hydrogen-bond acceptors (Lipinski definition) is 5. The van der Waals surface area contributed by atoms with Gasteiger partial charge < -0.3 is 19.5 Å². The summed E-state index contributed by atoms with van der Waals surface area (Å²) in [4.78, 5) is 4.34. The van der Waals surface area contributed by atoms with Gasteiger partial charge in [0.1, 0.15) is 11.6 Å². The van der Waals surface area contributed by atoms with E-state index in [0.29, 0.717) is 6.54 Å². The summed E-state index contributed by atoms with van der Waals surface area (Å²) >= 11 is 0. The van der Waals surface area contributed by atoms with Crippen LogP contribution in [0.15, 0.2) is 30.5 Å². The number of anilines is 1. The Morgan fingerprint density at radius 3 is 2.63 bits per heavy atom. The van der Waals surface area contributed by atoms with E-state index in [1.165, 1.54) is 0 Å². The number of benzene rings is 1. The third-order valence-electron chi connectivity index (χ3n) is 2.93. The quantitative estimate of drug-likeness (QED) is 0.809. The van der Waals surface area contributed by atoms with Crippen LogP contribution in [0.1, 0.15) is 0 Å². The van der Waals surface area contributed by atoms with Crippen molar-refractivity contribution in [2.24, 2.45) is 0 Å². The first-order valence-electron chi connectivity index (χ1n) is 6.00. The first-order valence-corrected chi connectivity index (χ1v) is 6.00. The molecule has 0 aliphatic heterocycles. The summed E-state index contributed by atoms with van der Waals surface area (Å²) < 4.78 is 15.5. The van der Waals surface area contributed by atoms with Crippen molar-refractivity contribution in [1.82, 2.24) is 4.98 Å². The van der Waals surface area contributed by atoms with E-state index in [2.05, 4.69) is 10.3 Å². The molecule has 1 aromatic heterocycles. The van der Waals surface area contributed by atoms with Crippen molar-refractivity contribution in [3.05, 3.63) is 30.5 Å². The molecule has 0 fully saturated rings. The van der Waals surface area contributed by atoms with Crippen LogP contribution in [0.2, 0.25) is 0 Å². The number of rotatable bonds is 6. The molecule has 0 spiro atoms. The van der Waals surface area contributed by atoms with Gasteiger partial charge >= 0.3 is 0 Å². The van der Waals surface area contributed by atoms with E-state index in [-0.39, 0.29) is 6.29 Å². The normalized spacial score (nSPS) is 10.9. The van der Waals surface area contributed by atoms with Crippen molar-refractivity contribution in [3.63, 3.8) is 0 Å². The highest BCUT2D eigenvalue weighted by molar-refractivity contribution is 5.92. The van der Waals surface area contributed by atoms with Crippen LogP contribution < -0.4 is 10.1 Å². The van der Waals surface area contributed by atoms with Crippen LogP contribution in [0.25, 0.3) is 10.8 Å². The molecule has 1 N–H and O–H groups in total. The van der Waals surface area contributed by atoms with Gasteiger partial charge in [0.25, 0.3) is 0 Å². The summed E-state index contributed by atoms with van der Waals surface area (Å²) in [5.41, 5.74) is 0. The molecule has 0 radical (unpaired) electrons. The average Bonchev–Trinajstić information content (AvgIpc) is 2.47. The monoisotopic (exact) mass is 262 g/mol. The van der Waals surface area contributed by atoms with Crippen molar-refractivity contribution in [3.8, 4) is 5.75 Å². The summed E-state index contributed by atoms with van der Waals surface area (Å²) in [6.45, 7) is 0.533. The van der Waals surface area contributed by atoms with Gasteiger partial charge in [-0.3, -0.25) is 0 Å². The molecule has 0 unspecified atom stereocenters. The Labute approximate surface area is 112 Å². The number of nitrogens with one attached hydrogen (secondary N) is 1. The summed E-state index contributed by atoms with van der Waals surface area (Å²) in [7, 11) is 4.87. The lowest BCUT2D eigenvalue weighted by Gasteiger charge is -2.15. The fourth-order valence-corrected chi connectivity index (χ4v) is 1.87. The number of ether oxygens (including phenoxy) is 3. The standard InChI is InChI=1S/C14H18N2O3/c1-17-11-4-5-12-10(8-11)6-7-15-14(12)16-9-13(18-2)19-3/h4-8,13H,9H2,1-3H3,(H,15,16). The fraction of sp³-hybridized carbons (Fsp3) is 0.357. The molecule has 0 bridgehead atoms. The van der Waals surface area contributed by atoms with Crippen molar-refractivity contribution in [2.75, 3.05) is 33.2 Å². The molecule has 0 aliphatic carbocycles. The minimum Gasteiger partial charge on any atom is -0.497 e. The molecule has 5 nitrogen and oxygen atoms in total. The summed E-state index contributed by atoms with van der Waals surface area (Å²) in [6.07, 6.45) is 1.47. The molecular weight excluding hydrogens is 244 g/mol. The number of hydrogen-bond donors (Lipinski definition) is 1. The average molecular weight is 262 g/mol. The minimum absolute atomic E-state index is 0.296. The second-order valence-corrected chi connectivity index (χ2v) is 4.03. The van der Waals surface area contributed by atoms with Gasteiger partial charge in [0.2, 0.25) is 0 Å². The predicted octanol–water partition coefficient (Wildman–Crippen LogP) is 2.27. The molecule has 0 amide bonds. The van der Waals surface area contributed by atoms with Crippen molar-refractivity contribution < 1.29 is 14.2 Å². The zero-order chi connectivity index (χ0) is 13.7. The molecule has 0 aliphatic rings. The first kappa shape index (κ1) is 13.6. The molecule has 2 aromatic rings. The van der Waals surface area contributed by atoms with Crippen LogP contribution in [0.5, 0.6) is 5.75 Å². The fourth-order valence-electron chi connectivity index (χ4n) is 1.87. The van der Waals surface area contributed by atoms with E-state index in [9.17, 15) is 0 Å². The largest absolute Gasteiger partial charge is 0.497 e. The molecule has 5 heteroatoms. The van der Waals surface area contributed by atoms with E-state index in [4.69, 9.17) is 14.2 Å². The Morgan fingerprint density at radius 1 is 1.16 bits per heavy atom. The van der Waals surface area contributed by atoms with Crippen molar-refractivity contribution >= 4 is 16.6 Å². The highest BCUT2D eigenvalue weighted by atomic mass is 16.7. The van der Waals surface area contributed by atoms with Gasteiger partial charge in [-0.1, -0.05) is 0 Å². The lowest BCUT2D eigenvalue weighted by atomic mass is 10.1. The SMILES string of the molecule is COc1ccc2c(NCC(OC)OC)nccc2c1. The maximum atomic E-state index is 5.21. The number of pyridine rings is 1. The first-order chi connectivity index (χ1) is 9.28. The smallest absolute Gasteiger partial charge is 0.173 e. The highest BCUT2D eigenvalue weighted by Crippen LogP contribution is 2.25. The van der Waals surface area contributed by atoms with Crippen LogP contribution in [0.4, 0.5) is 5.82 Å². The second-order valence-electron chi connectivity index (χ2n) is 4.03. The van der Waals surface area contributed by atoms with Crippen LogP contribution in [-0.2, 0) is 9.47 Å². The predicted molar refractivity (Wildman–Crippen MR) is 74.6 cm³/mol. The van der Waals surface area contributed by atoms with Gasteiger partial charge in [-0.05, 0) is 29.7 Å². The van der Waals surface area contributed by atoms with E-state index >= 15 is 0 Å². The Kier molecular flexibility index (Phi) is 4.54. The van der Waals surface area contributed by atoms with E-state index in [0.717, 1.165) is 22.3 Å². The maximum absolute atomic E-state index is 5.21. The Balaban J connectivity index is 2.23. The van der Waals surface area contributed by atoms with Crippen molar-refractivity contribution in [1.29, 1.82) is 0 Å². The minimum atomic E-state index is -0.296. The lowest BCUT2D eigenvalue weighted by Crippen LogP contribution is -2.24. The van der Waals surface area contributed by atoms with Crippen molar-refractivity contribution in [2.45, 2.75) is 6.29 Å². The third-order valence-corrected chi connectivity index (χ3v) is 2.93. The Bertz CT molecular complexity index is 541. The molecule has 1 aromatic carbocycles. The van der Waals surface area contributed by atoms with Gasteiger partial charge in [0, 0.05) is 25.8 Å². The lowest BCUT2D eigenvalue weighted by molar-refractivity contribution is -0.0914. The number of aromatic nitrogens is 1. The molecular formula is C14H18N2O3. The van der Waals surface area contributed by atoms with Gasteiger partial charge in [-0.15, -0.1) is 0 Å². The zero-order valence-corrected chi connectivity index (χ0v) is 11.3. The van der Waals surface area contributed by atoms with Gasteiger partial charge in [0.05, 0.1) is 13.7 Å². The summed E-state index contributed by atoms with van der Waals surface area (Å²) in [5.74, 6) is 1.63. The van der Waals surface area contributed by atoms with Crippen LogP contribution >= 0.6 is 0 Å². The van der Waals surface area contributed by atoms with Crippen LogP contribution in [-0.4, -0.2) is 39.1 Å². The maximum Gasteiger partial charge on any atom is 0.173 e. The zero-order valence-electron chi connectivity index (χ0n) is 11.3. The van der Waals surface area contributed by atoms with Crippen LogP contribution in [0.3, 0.4) is 0 Å². The third kappa shape index (κ3) is 3.13. The van der Waals surface area contributed by atoms with E-state index in [1.54, 1.807) is 27.5 Å². The van der Waals surface area contributed by atoms with Gasteiger partial charge in [0.15, 0.2) is 6.29 Å². The molecule has 102 valence electrons. The molecule has 0 saturated heterocycles. The van der Waals surface area contributed by atoms with E-state index in [1.807, 2.05) is 24.3 Å². The summed E-state index contributed by atoms with van der Waals surface area (Å²) in [5, 5.41) is 5.33. The van der Waals surface area contributed by atoms with Gasteiger partial charge in [-0.2, -0.15) is 0 Å². The molecule has 0 atom stereocenters. The highest BCUT2D eigenvalue weighted by Gasteiger charge is 2.07.